The van der Waals surface area contributed by atoms with E-state index < -0.39 is 0 Å². The number of nitrogens with zero attached hydrogens (tertiary/aromatic N) is 1. The summed E-state index contributed by atoms with van der Waals surface area (Å²) in [5.41, 5.74) is 1.81. The molecule has 0 aliphatic heterocycles. The van der Waals surface area contributed by atoms with Crippen LogP contribution in [0.3, 0.4) is 0 Å². The van der Waals surface area contributed by atoms with Crippen molar-refractivity contribution in [3.63, 3.8) is 0 Å². The Hall–Kier alpha value is -2.31. The fraction of sp³-hybridized carbons (Fsp3) is 0.333. The molecular weight excluding hydrogens is 360 g/mol. The van der Waals surface area contributed by atoms with Crippen LogP contribution in [0.25, 0.3) is 0 Å². The van der Waals surface area contributed by atoms with Gasteiger partial charge in [0.1, 0.15) is 5.25 Å². The largest absolute Gasteiger partial charge is 0.468 e. The first-order chi connectivity index (χ1) is 13.0. The van der Waals surface area contributed by atoms with Gasteiger partial charge in [-0.25, -0.2) is 0 Å². The molecule has 0 aromatic heterocycles. The van der Waals surface area contributed by atoms with Gasteiger partial charge < -0.3 is 15.0 Å². The van der Waals surface area contributed by atoms with Crippen LogP contribution in [-0.4, -0.2) is 49.3 Å². The number of benzene rings is 2. The maximum Gasteiger partial charge on any atom is 0.318 e. The molecule has 1 unspecified atom stereocenters. The molecule has 0 spiro atoms. The molecule has 5 nitrogen and oxygen atoms in total. The molecule has 2 aromatic carbocycles. The van der Waals surface area contributed by atoms with E-state index in [1.54, 1.807) is 13.0 Å². The monoisotopic (exact) mass is 386 g/mol. The Morgan fingerprint density at radius 1 is 1.11 bits per heavy atom. The van der Waals surface area contributed by atoms with E-state index in [0.29, 0.717) is 12.1 Å². The number of methoxy groups -OCH3 is 1. The van der Waals surface area contributed by atoms with Gasteiger partial charge >= 0.3 is 5.97 Å². The Morgan fingerprint density at radius 3 is 2.48 bits per heavy atom. The molecule has 0 aliphatic rings. The lowest BCUT2D eigenvalue weighted by molar-refractivity contribution is -0.139. The van der Waals surface area contributed by atoms with E-state index in [9.17, 15) is 9.59 Å². The number of carbonyl (C=O) groups is 2. The summed E-state index contributed by atoms with van der Waals surface area (Å²) in [4.78, 5) is 27.1. The molecule has 0 bridgehead atoms. The van der Waals surface area contributed by atoms with Crippen LogP contribution in [0.2, 0.25) is 0 Å². The van der Waals surface area contributed by atoms with Crippen LogP contribution in [-0.2, 0) is 16.1 Å². The first-order valence-electron chi connectivity index (χ1n) is 8.85. The molecule has 1 amide bonds. The summed E-state index contributed by atoms with van der Waals surface area (Å²) < 4.78 is 4.76. The second-order valence-corrected chi connectivity index (χ2v) is 7.64. The highest BCUT2D eigenvalue weighted by Crippen LogP contribution is 2.27. The van der Waals surface area contributed by atoms with Gasteiger partial charge in [-0.2, -0.15) is 0 Å². The second kappa shape index (κ2) is 10.7. The van der Waals surface area contributed by atoms with E-state index >= 15 is 0 Å². The molecule has 1 atom stereocenters. The van der Waals surface area contributed by atoms with E-state index in [2.05, 4.69) is 22.3 Å². The third-order valence-corrected chi connectivity index (χ3v) is 5.20. The zero-order valence-electron chi connectivity index (χ0n) is 16.0. The van der Waals surface area contributed by atoms with Gasteiger partial charge in [-0.3, -0.25) is 9.59 Å². The van der Waals surface area contributed by atoms with Crippen molar-refractivity contribution < 1.29 is 14.3 Å². The van der Waals surface area contributed by atoms with Crippen molar-refractivity contribution in [2.24, 2.45) is 0 Å². The van der Waals surface area contributed by atoms with Gasteiger partial charge in [0.2, 0.25) is 0 Å². The molecular formula is C21H26N2O3S. The highest BCUT2D eigenvalue weighted by molar-refractivity contribution is 8.00. The summed E-state index contributed by atoms with van der Waals surface area (Å²) >= 11 is 1.33. The minimum absolute atomic E-state index is 0.136. The minimum Gasteiger partial charge on any atom is -0.468 e. The van der Waals surface area contributed by atoms with Crippen LogP contribution in [0.5, 0.6) is 0 Å². The topological polar surface area (TPSA) is 58.6 Å². The Bertz CT molecular complexity index is 752. The van der Waals surface area contributed by atoms with E-state index in [1.807, 2.05) is 43.4 Å². The minimum atomic E-state index is -0.374. The predicted octanol–water partition coefficient (Wildman–Crippen LogP) is 3.20. The summed E-state index contributed by atoms with van der Waals surface area (Å²) in [6.45, 7) is 3.89. The molecule has 144 valence electrons. The van der Waals surface area contributed by atoms with Crippen molar-refractivity contribution in [1.82, 2.24) is 10.2 Å². The van der Waals surface area contributed by atoms with Crippen molar-refractivity contribution >= 4 is 23.6 Å². The molecule has 0 aliphatic carbocycles. The smallest absolute Gasteiger partial charge is 0.318 e. The number of amides is 1. The fourth-order valence-electron chi connectivity index (χ4n) is 2.59. The summed E-state index contributed by atoms with van der Waals surface area (Å²) in [6, 6.07) is 17.5. The zero-order chi connectivity index (χ0) is 19.6. The van der Waals surface area contributed by atoms with Crippen LogP contribution in [0.4, 0.5) is 0 Å². The number of esters is 1. The maximum atomic E-state index is 12.6. The van der Waals surface area contributed by atoms with Crippen molar-refractivity contribution in [3.05, 3.63) is 65.7 Å². The average Bonchev–Trinajstić information content (AvgIpc) is 2.68. The first-order valence-corrected chi connectivity index (χ1v) is 9.73. The summed E-state index contributed by atoms with van der Waals surface area (Å²) in [5.74, 6) is -0.443. The number of nitrogens with one attached hydrogen (secondary N) is 1. The quantitative estimate of drug-likeness (QED) is 0.530. The third-order valence-electron chi connectivity index (χ3n) is 4.04. The Balaban J connectivity index is 1.87. The van der Waals surface area contributed by atoms with Crippen LogP contribution >= 0.6 is 11.8 Å². The van der Waals surface area contributed by atoms with Gasteiger partial charge in [0.15, 0.2) is 0 Å². The van der Waals surface area contributed by atoms with Gasteiger partial charge in [0.25, 0.3) is 5.91 Å². The van der Waals surface area contributed by atoms with Crippen LogP contribution in [0.1, 0.15) is 22.8 Å². The van der Waals surface area contributed by atoms with Crippen LogP contribution < -0.4 is 5.32 Å². The summed E-state index contributed by atoms with van der Waals surface area (Å²) in [7, 11) is 3.39. The van der Waals surface area contributed by atoms with E-state index in [4.69, 9.17) is 4.74 Å². The van der Waals surface area contributed by atoms with Crippen molar-refractivity contribution in [1.29, 1.82) is 0 Å². The third kappa shape index (κ3) is 6.73. The van der Waals surface area contributed by atoms with Gasteiger partial charge in [0, 0.05) is 24.5 Å². The molecule has 6 heteroatoms. The molecule has 27 heavy (non-hydrogen) atoms. The zero-order valence-corrected chi connectivity index (χ0v) is 16.8. The maximum absolute atomic E-state index is 12.6. The molecule has 0 fully saturated rings. The normalized spacial score (nSPS) is 11.9. The van der Waals surface area contributed by atoms with Gasteiger partial charge in [-0.05, 0) is 31.7 Å². The van der Waals surface area contributed by atoms with Gasteiger partial charge in [-0.15, -0.1) is 11.8 Å². The predicted molar refractivity (Wildman–Crippen MR) is 109 cm³/mol. The standard InChI is InChI=1S/C21H26N2O3S/c1-16(21(25)26-3)27-19-12-8-7-11-18(19)20(24)22-13-14-23(2)15-17-9-5-4-6-10-17/h4-12,16H,13-15H2,1-3H3,(H,22,24). The number of rotatable bonds is 9. The lowest BCUT2D eigenvalue weighted by atomic mass is 10.2. The fourth-order valence-corrected chi connectivity index (χ4v) is 3.61. The van der Waals surface area contributed by atoms with Crippen molar-refractivity contribution in [2.75, 3.05) is 27.2 Å². The second-order valence-electron chi connectivity index (χ2n) is 6.26. The van der Waals surface area contributed by atoms with Gasteiger partial charge in [-0.1, -0.05) is 42.5 Å². The van der Waals surface area contributed by atoms with Gasteiger partial charge in [0.05, 0.1) is 12.7 Å². The van der Waals surface area contributed by atoms with Crippen LogP contribution in [0.15, 0.2) is 59.5 Å². The number of likely N-dealkylation sites (N-methyl/N-ethyl adjacent to an activating group) is 1. The summed E-state index contributed by atoms with van der Waals surface area (Å²) in [5, 5.41) is 2.59. The molecule has 0 heterocycles. The van der Waals surface area contributed by atoms with E-state index in [-0.39, 0.29) is 17.1 Å². The average molecular weight is 387 g/mol. The number of hydrogen-bond acceptors (Lipinski definition) is 5. The lowest BCUT2D eigenvalue weighted by Gasteiger charge is -2.17. The molecule has 0 radical (unpaired) electrons. The highest BCUT2D eigenvalue weighted by Gasteiger charge is 2.18. The molecule has 0 saturated carbocycles. The van der Waals surface area contributed by atoms with Crippen molar-refractivity contribution in [3.8, 4) is 0 Å². The Morgan fingerprint density at radius 2 is 1.78 bits per heavy atom. The highest BCUT2D eigenvalue weighted by atomic mass is 32.2. The number of thioether (sulfide) groups is 1. The lowest BCUT2D eigenvalue weighted by Crippen LogP contribution is -2.33. The first kappa shape index (κ1) is 21.0. The molecule has 0 saturated heterocycles. The number of hydrogen-bond donors (Lipinski definition) is 1. The Labute approximate surface area is 165 Å². The van der Waals surface area contributed by atoms with Crippen LogP contribution in [0, 0.1) is 0 Å². The Kier molecular flexibility index (Phi) is 8.36. The number of ether oxygens (including phenoxy) is 1. The van der Waals surface area contributed by atoms with E-state index in [1.165, 1.54) is 24.4 Å². The molecule has 2 rings (SSSR count). The molecule has 2 aromatic rings. The summed E-state index contributed by atoms with van der Waals surface area (Å²) in [6.07, 6.45) is 0. The number of carbonyl (C=O) groups excluding carboxylic acids is 2. The SMILES string of the molecule is COC(=O)C(C)Sc1ccccc1C(=O)NCCN(C)Cc1ccccc1. The van der Waals surface area contributed by atoms with Crippen molar-refractivity contribution in [2.45, 2.75) is 23.6 Å². The van der Waals surface area contributed by atoms with E-state index in [0.717, 1.165) is 18.0 Å². The molecule has 1 N–H and O–H groups in total.